The fourth-order valence-electron chi connectivity index (χ4n) is 2.20. The van der Waals surface area contributed by atoms with Crippen LogP contribution in [0.3, 0.4) is 0 Å². The predicted octanol–water partition coefficient (Wildman–Crippen LogP) is 1.21. The molecule has 3 atom stereocenters. The average molecular weight is 268 g/mol. The number of amides is 1. The Morgan fingerprint density at radius 3 is 2.95 bits per heavy atom. The molecule has 0 aromatic rings. The van der Waals surface area contributed by atoms with E-state index in [0.29, 0.717) is 19.1 Å². The fourth-order valence-corrected chi connectivity index (χ4v) is 2.20. The van der Waals surface area contributed by atoms with Gasteiger partial charge in [-0.2, -0.15) is 0 Å². The first kappa shape index (κ1) is 15.8. The summed E-state index contributed by atoms with van der Waals surface area (Å²) in [4.78, 5) is 26.7. The zero-order chi connectivity index (χ0) is 14.1. The molecular weight excluding hydrogens is 244 g/mol. The van der Waals surface area contributed by atoms with Crippen LogP contribution in [0.15, 0.2) is 4.99 Å². The van der Waals surface area contributed by atoms with Crippen molar-refractivity contribution in [2.75, 3.05) is 20.3 Å². The average Bonchev–Trinajstić information content (AvgIpc) is 2.83. The van der Waals surface area contributed by atoms with Crippen molar-refractivity contribution in [1.29, 1.82) is 0 Å². The van der Waals surface area contributed by atoms with Crippen molar-refractivity contribution in [3.8, 4) is 0 Å². The Morgan fingerprint density at radius 1 is 1.58 bits per heavy atom. The summed E-state index contributed by atoms with van der Waals surface area (Å²) in [7, 11) is 1.60. The maximum absolute atomic E-state index is 11.8. The van der Waals surface area contributed by atoms with Gasteiger partial charge in [0, 0.05) is 25.8 Å². The third-order valence-corrected chi connectivity index (χ3v) is 3.42. The molecule has 1 N–H and O–H groups in total. The minimum absolute atomic E-state index is 0.0186. The van der Waals surface area contributed by atoms with Gasteiger partial charge in [-0.3, -0.25) is 9.79 Å². The number of hydrogen-bond donors (Lipinski definition) is 1. The molecule has 0 aromatic carbocycles. The normalized spacial score (nSPS) is 23.3. The van der Waals surface area contributed by atoms with Gasteiger partial charge in [0.1, 0.15) is 12.3 Å². The van der Waals surface area contributed by atoms with E-state index in [9.17, 15) is 9.59 Å². The molecule has 0 unspecified atom stereocenters. The van der Waals surface area contributed by atoms with Crippen molar-refractivity contribution in [2.45, 2.75) is 38.6 Å². The molecule has 1 aliphatic heterocycles. The lowest BCUT2D eigenvalue weighted by Crippen LogP contribution is -2.36. The molecule has 108 valence electrons. The molecule has 0 aromatic heterocycles. The lowest BCUT2D eigenvalue weighted by atomic mass is 10.0. The second kappa shape index (κ2) is 8.80. The second-order valence-corrected chi connectivity index (χ2v) is 5.13. The highest BCUT2D eigenvalue weighted by molar-refractivity contribution is 5.85. The van der Waals surface area contributed by atoms with Gasteiger partial charge >= 0.3 is 0 Å². The third kappa shape index (κ3) is 5.51. The standard InChI is InChI=1S/C14H24N2O3/c1-11-6-8-15-13(11)14(18)16-7-4-3-5-12(9-17)10-19-2/h8-9,11-13H,3-7,10H2,1-2H3,(H,16,18)/t11-,12+,13-/m0/s1. The molecule has 5 nitrogen and oxygen atoms in total. The Balaban J connectivity index is 2.08. The van der Waals surface area contributed by atoms with Crippen LogP contribution in [0.25, 0.3) is 0 Å². The van der Waals surface area contributed by atoms with Crippen LogP contribution in [-0.2, 0) is 14.3 Å². The molecule has 0 aliphatic carbocycles. The van der Waals surface area contributed by atoms with Crippen LogP contribution in [0, 0.1) is 11.8 Å². The number of aliphatic imine (C=N–C) groups is 1. The van der Waals surface area contributed by atoms with Crippen LogP contribution in [0.2, 0.25) is 0 Å². The molecule has 0 saturated carbocycles. The maximum Gasteiger partial charge on any atom is 0.245 e. The molecule has 5 heteroatoms. The number of unbranched alkanes of at least 4 members (excludes halogenated alkanes) is 1. The molecule has 1 aliphatic rings. The number of ether oxygens (including phenoxy) is 1. The summed E-state index contributed by atoms with van der Waals surface area (Å²) in [6.45, 7) is 3.16. The SMILES string of the molecule is COC[C@@H](C=O)CCCCNC(=O)[C@H]1N=CC[C@@H]1C. The number of hydrogen-bond acceptors (Lipinski definition) is 4. The summed E-state index contributed by atoms with van der Waals surface area (Å²) in [5, 5.41) is 2.91. The molecule has 0 spiro atoms. The first-order chi connectivity index (χ1) is 9.19. The summed E-state index contributed by atoms with van der Waals surface area (Å²) in [5.41, 5.74) is 0. The summed E-state index contributed by atoms with van der Waals surface area (Å²) in [6, 6.07) is -0.212. The van der Waals surface area contributed by atoms with Gasteiger partial charge in [0.05, 0.1) is 6.61 Å². The highest BCUT2D eigenvalue weighted by Crippen LogP contribution is 2.16. The number of carbonyl (C=O) groups excluding carboxylic acids is 2. The third-order valence-electron chi connectivity index (χ3n) is 3.42. The zero-order valence-electron chi connectivity index (χ0n) is 11.8. The fraction of sp³-hybridized carbons (Fsp3) is 0.786. The number of rotatable bonds is 9. The monoisotopic (exact) mass is 268 g/mol. The molecular formula is C14H24N2O3. The molecule has 0 saturated heterocycles. The first-order valence-corrected chi connectivity index (χ1v) is 6.92. The van der Waals surface area contributed by atoms with E-state index < -0.39 is 0 Å². The Labute approximate surface area is 114 Å². The van der Waals surface area contributed by atoms with E-state index in [-0.39, 0.29) is 17.9 Å². The van der Waals surface area contributed by atoms with Crippen molar-refractivity contribution < 1.29 is 14.3 Å². The van der Waals surface area contributed by atoms with Gasteiger partial charge in [0.2, 0.25) is 5.91 Å². The van der Waals surface area contributed by atoms with Crippen LogP contribution >= 0.6 is 0 Å². The van der Waals surface area contributed by atoms with Crippen LogP contribution in [0.5, 0.6) is 0 Å². The summed E-state index contributed by atoms with van der Waals surface area (Å²) in [6.07, 6.45) is 6.26. The highest BCUT2D eigenvalue weighted by atomic mass is 16.5. The minimum atomic E-state index is -0.212. The van der Waals surface area contributed by atoms with E-state index in [4.69, 9.17) is 4.74 Å². The summed E-state index contributed by atoms with van der Waals surface area (Å²) < 4.78 is 4.95. The minimum Gasteiger partial charge on any atom is -0.384 e. The molecule has 1 amide bonds. The quantitative estimate of drug-likeness (QED) is 0.505. The smallest absolute Gasteiger partial charge is 0.245 e. The Kier molecular flexibility index (Phi) is 7.33. The van der Waals surface area contributed by atoms with Crippen molar-refractivity contribution in [3.05, 3.63) is 0 Å². The van der Waals surface area contributed by atoms with E-state index >= 15 is 0 Å². The van der Waals surface area contributed by atoms with Crippen LogP contribution in [0.1, 0.15) is 32.6 Å². The number of nitrogens with zero attached hydrogens (tertiary/aromatic N) is 1. The van der Waals surface area contributed by atoms with E-state index in [1.807, 2.05) is 13.1 Å². The molecule has 1 heterocycles. The lowest BCUT2D eigenvalue weighted by molar-refractivity contribution is -0.123. The molecule has 19 heavy (non-hydrogen) atoms. The second-order valence-electron chi connectivity index (χ2n) is 5.13. The number of aldehydes is 1. The van der Waals surface area contributed by atoms with Crippen LogP contribution in [0.4, 0.5) is 0 Å². The number of nitrogens with one attached hydrogen (secondary N) is 1. The van der Waals surface area contributed by atoms with E-state index in [1.54, 1.807) is 7.11 Å². The van der Waals surface area contributed by atoms with Crippen LogP contribution < -0.4 is 5.32 Å². The summed E-state index contributed by atoms with van der Waals surface area (Å²) >= 11 is 0. The van der Waals surface area contributed by atoms with E-state index in [2.05, 4.69) is 10.3 Å². The van der Waals surface area contributed by atoms with Gasteiger partial charge < -0.3 is 14.8 Å². The number of carbonyl (C=O) groups is 2. The largest absolute Gasteiger partial charge is 0.384 e. The van der Waals surface area contributed by atoms with Crippen molar-refractivity contribution in [2.24, 2.45) is 16.8 Å². The van der Waals surface area contributed by atoms with Gasteiger partial charge in [-0.15, -0.1) is 0 Å². The Morgan fingerprint density at radius 2 is 2.37 bits per heavy atom. The molecule has 1 rings (SSSR count). The summed E-state index contributed by atoms with van der Waals surface area (Å²) in [5.74, 6) is 0.298. The highest BCUT2D eigenvalue weighted by Gasteiger charge is 2.26. The maximum atomic E-state index is 11.8. The van der Waals surface area contributed by atoms with Gasteiger partial charge in [0.15, 0.2) is 0 Å². The van der Waals surface area contributed by atoms with Crippen molar-refractivity contribution >= 4 is 18.4 Å². The van der Waals surface area contributed by atoms with E-state index in [1.165, 1.54) is 0 Å². The molecule has 0 radical (unpaired) electrons. The lowest BCUT2D eigenvalue weighted by Gasteiger charge is -2.13. The van der Waals surface area contributed by atoms with Gasteiger partial charge in [-0.1, -0.05) is 13.3 Å². The zero-order valence-corrected chi connectivity index (χ0v) is 11.8. The van der Waals surface area contributed by atoms with Crippen molar-refractivity contribution in [3.63, 3.8) is 0 Å². The topological polar surface area (TPSA) is 67.8 Å². The van der Waals surface area contributed by atoms with Gasteiger partial charge in [-0.25, -0.2) is 0 Å². The molecule has 0 bridgehead atoms. The Hall–Kier alpha value is -1.23. The van der Waals surface area contributed by atoms with E-state index in [0.717, 1.165) is 32.0 Å². The van der Waals surface area contributed by atoms with Crippen molar-refractivity contribution in [1.82, 2.24) is 5.32 Å². The van der Waals surface area contributed by atoms with Gasteiger partial charge in [0.25, 0.3) is 0 Å². The Bertz CT molecular complexity index is 318. The van der Waals surface area contributed by atoms with Crippen LogP contribution in [-0.4, -0.2) is 44.7 Å². The number of methoxy groups -OCH3 is 1. The first-order valence-electron chi connectivity index (χ1n) is 6.92. The van der Waals surface area contributed by atoms with Gasteiger partial charge in [-0.05, 0) is 25.2 Å². The predicted molar refractivity (Wildman–Crippen MR) is 74.4 cm³/mol. The molecule has 0 fully saturated rings.